The average molecular weight is 448 g/mol. The number of rotatable bonds is 6. The second-order valence-corrected chi connectivity index (χ2v) is 11.0. The summed E-state index contributed by atoms with van der Waals surface area (Å²) < 4.78 is 38.8. The molecule has 6 nitrogen and oxygen atoms in total. The van der Waals surface area contributed by atoms with E-state index in [0.29, 0.717) is 18.8 Å². The first kappa shape index (κ1) is 22.2. The maximum absolute atomic E-state index is 13.2. The molecule has 0 unspecified atom stereocenters. The van der Waals surface area contributed by atoms with E-state index in [9.17, 15) is 17.6 Å². The largest absolute Gasteiger partial charge is 0.344 e. The van der Waals surface area contributed by atoms with E-state index in [1.54, 1.807) is 12.1 Å². The molecule has 3 heterocycles. The topological polar surface area (TPSA) is 62.6 Å². The van der Waals surface area contributed by atoms with Gasteiger partial charge in [-0.15, -0.1) is 0 Å². The predicted octanol–water partition coefficient (Wildman–Crippen LogP) is 2.28. The van der Waals surface area contributed by atoms with Gasteiger partial charge in [-0.05, 0) is 44.0 Å². The molecular weight excluding hydrogens is 417 g/mol. The third kappa shape index (κ3) is 5.07. The first-order chi connectivity index (χ1) is 14.7. The Hall–Kier alpha value is -2.03. The van der Waals surface area contributed by atoms with Gasteiger partial charge in [0.1, 0.15) is 5.82 Å². The zero-order valence-electron chi connectivity index (χ0n) is 18.2. The van der Waals surface area contributed by atoms with Crippen molar-refractivity contribution in [2.75, 3.05) is 44.2 Å². The summed E-state index contributed by atoms with van der Waals surface area (Å²) in [4.78, 5) is 17.4. The van der Waals surface area contributed by atoms with Crippen molar-refractivity contribution in [2.45, 2.75) is 32.9 Å². The Morgan fingerprint density at radius 1 is 1.10 bits per heavy atom. The van der Waals surface area contributed by atoms with Crippen LogP contribution in [0.15, 0.2) is 30.3 Å². The predicted molar refractivity (Wildman–Crippen MR) is 119 cm³/mol. The second-order valence-electron chi connectivity index (χ2n) is 8.79. The molecule has 0 aliphatic carbocycles. The lowest BCUT2D eigenvalue weighted by Crippen LogP contribution is -2.51. The summed E-state index contributed by atoms with van der Waals surface area (Å²) >= 11 is 0. The second kappa shape index (κ2) is 8.84. The molecule has 168 valence electrons. The van der Waals surface area contributed by atoms with Crippen LogP contribution in [0.3, 0.4) is 0 Å². The van der Waals surface area contributed by atoms with Gasteiger partial charge in [0.05, 0.1) is 18.1 Å². The van der Waals surface area contributed by atoms with Gasteiger partial charge in [-0.3, -0.25) is 14.6 Å². The van der Waals surface area contributed by atoms with E-state index < -0.39 is 9.84 Å². The number of carbonyl (C=O) groups excluding carboxylic acids is 1. The van der Waals surface area contributed by atoms with Crippen molar-refractivity contribution < 1.29 is 17.6 Å². The van der Waals surface area contributed by atoms with Crippen molar-refractivity contribution >= 4 is 15.6 Å². The van der Waals surface area contributed by atoms with Crippen LogP contribution in [0.2, 0.25) is 0 Å². The van der Waals surface area contributed by atoms with Gasteiger partial charge in [0, 0.05) is 55.7 Å². The fourth-order valence-corrected chi connectivity index (χ4v) is 6.50. The number of hydrogen-bond donors (Lipinski definition) is 0. The van der Waals surface area contributed by atoms with Crippen LogP contribution in [0.1, 0.15) is 33.7 Å². The van der Waals surface area contributed by atoms with Crippen molar-refractivity contribution in [1.82, 2.24) is 14.4 Å². The van der Waals surface area contributed by atoms with Gasteiger partial charge in [-0.25, -0.2) is 12.8 Å². The van der Waals surface area contributed by atoms with E-state index in [4.69, 9.17) is 0 Å². The van der Waals surface area contributed by atoms with Crippen LogP contribution in [-0.2, 0) is 16.4 Å². The Labute approximate surface area is 183 Å². The Bertz CT molecular complexity index is 1050. The van der Waals surface area contributed by atoms with E-state index in [1.807, 2.05) is 19.9 Å². The van der Waals surface area contributed by atoms with Gasteiger partial charge in [-0.1, -0.05) is 12.1 Å². The molecule has 31 heavy (non-hydrogen) atoms. The van der Waals surface area contributed by atoms with Crippen molar-refractivity contribution in [2.24, 2.45) is 0 Å². The Kier molecular flexibility index (Phi) is 6.32. The Balaban J connectivity index is 1.35. The molecule has 2 aliphatic rings. The summed E-state index contributed by atoms with van der Waals surface area (Å²) in [5.41, 5.74) is 3.68. The number of aryl methyl sites for hydroxylation is 1. The molecule has 4 rings (SSSR count). The zero-order valence-corrected chi connectivity index (χ0v) is 19.0. The normalized spacial score (nSPS) is 22.1. The number of benzene rings is 1. The van der Waals surface area contributed by atoms with Gasteiger partial charge in [0.15, 0.2) is 15.6 Å². The van der Waals surface area contributed by atoms with Crippen molar-refractivity contribution in [1.29, 1.82) is 0 Å². The van der Waals surface area contributed by atoms with Gasteiger partial charge in [-0.2, -0.15) is 0 Å². The molecular formula is C23H30FN3O3S. The van der Waals surface area contributed by atoms with Crippen LogP contribution in [0, 0.1) is 19.7 Å². The number of Topliss-reactive ketones (excluding diaryl/α,β-unsaturated/α-hetero) is 1. The molecule has 2 fully saturated rings. The summed E-state index contributed by atoms with van der Waals surface area (Å²) in [5, 5.41) is 0. The maximum atomic E-state index is 13.2. The molecule has 0 N–H and O–H groups in total. The summed E-state index contributed by atoms with van der Waals surface area (Å²) in [6, 6.07) is 8.52. The number of halogens is 1. The van der Waals surface area contributed by atoms with Gasteiger partial charge in [0.25, 0.3) is 0 Å². The SMILES string of the molecule is Cc1cc(C(=O)CN2CCN([C@H]3CCS(=O)(=O)C3)CC2)c(C)n1Cc1ccc(F)cc1. The van der Waals surface area contributed by atoms with Crippen molar-refractivity contribution in [3.05, 3.63) is 58.7 Å². The molecule has 0 bridgehead atoms. The minimum Gasteiger partial charge on any atom is -0.344 e. The Morgan fingerprint density at radius 3 is 2.39 bits per heavy atom. The van der Waals surface area contributed by atoms with E-state index in [0.717, 1.165) is 55.1 Å². The van der Waals surface area contributed by atoms with Crippen LogP contribution >= 0.6 is 0 Å². The number of piperazine rings is 1. The molecule has 2 aromatic rings. The highest BCUT2D eigenvalue weighted by Crippen LogP contribution is 2.21. The summed E-state index contributed by atoms with van der Waals surface area (Å²) in [5.74, 6) is 0.418. The van der Waals surface area contributed by atoms with Crippen molar-refractivity contribution in [3.8, 4) is 0 Å². The molecule has 2 saturated heterocycles. The van der Waals surface area contributed by atoms with Crippen LogP contribution < -0.4 is 0 Å². The monoisotopic (exact) mass is 447 g/mol. The highest BCUT2D eigenvalue weighted by atomic mass is 32.2. The summed E-state index contributed by atoms with van der Waals surface area (Å²) in [6.07, 6.45) is 0.724. The highest BCUT2D eigenvalue weighted by Gasteiger charge is 2.34. The van der Waals surface area contributed by atoms with Crippen molar-refractivity contribution in [3.63, 3.8) is 0 Å². The van der Waals surface area contributed by atoms with Gasteiger partial charge >= 0.3 is 0 Å². The third-order valence-corrected chi connectivity index (χ3v) is 8.38. The van der Waals surface area contributed by atoms with Crippen LogP contribution in [0.4, 0.5) is 4.39 Å². The lowest BCUT2D eigenvalue weighted by molar-refractivity contribution is 0.0795. The highest BCUT2D eigenvalue weighted by molar-refractivity contribution is 7.91. The number of ketones is 1. The van der Waals surface area contributed by atoms with Gasteiger partial charge in [0.2, 0.25) is 0 Å². The molecule has 2 aliphatic heterocycles. The Morgan fingerprint density at radius 2 is 1.77 bits per heavy atom. The summed E-state index contributed by atoms with van der Waals surface area (Å²) in [7, 11) is -2.88. The van der Waals surface area contributed by atoms with E-state index in [1.165, 1.54) is 12.1 Å². The standard InChI is InChI=1S/C23H30FN3O3S/c1-17-13-22(18(2)27(17)14-19-3-5-20(24)6-4-19)23(28)15-25-8-10-26(11-9-25)21-7-12-31(29,30)16-21/h3-6,13,21H,7-12,14-16H2,1-2H3/t21-/m0/s1. The quantitative estimate of drug-likeness (QED) is 0.636. The smallest absolute Gasteiger partial charge is 0.178 e. The molecule has 0 radical (unpaired) electrons. The molecule has 0 amide bonds. The first-order valence-corrected chi connectivity index (χ1v) is 12.7. The average Bonchev–Trinajstić information content (AvgIpc) is 3.24. The maximum Gasteiger partial charge on any atom is 0.178 e. The fourth-order valence-electron chi connectivity index (χ4n) is 4.74. The van der Waals surface area contributed by atoms with Gasteiger partial charge < -0.3 is 4.57 Å². The molecule has 8 heteroatoms. The number of hydrogen-bond acceptors (Lipinski definition) is 5. The lowest BCUT2D eigenvalue weighted by atomic mass is 10.1. The van der Waals surface area contributed by atoms with Crippen LogP contribution in [0.5, 0.6) is 0 Å². The number of aromatic nitrogens is 1. The summed E-state index contributed by atoms with van der Waals surface area (Å²) in [6.45, 7) is 8.08. The first-order valence-electron chi connectivity index (χ1n) is 10.8. The van der Waals surface area contributed by atoms with E-state index >= 15 is 0 Å². The lowest BCUT2D eigenvalue weighted by Gasteiger charge is -2.37. The molecule has 1 aromatic carbocycles. The molecule has 1 atom stereocenters. The zero-order chi connectivity index (χ0) is 22.2. The number of nitrogens with zero attached hydrogens (tertiary/aromatic N) is 3. The third-order valence-electron chi connectivity index (χ3n) is 6.63. The van der Waals surface area contributed by atoms with Crippen LogP contribution in [-0.4, -0.2) is 78.8 Å². The van der Waals surface area contributed by atoms with E-state index in [2.05, 4.69) is 14.4 Å². The molecule has 0 spiro atoms. The number of carbonyl (C=O) groups is 1. The minimum absolute atomic E-state index is 0.107. The molecule has 1 aromatic heterocycles. The fraction of sp³-hybridized carbons (Fsp3) is 0.522. The van der Waals surface area contributed by atoms with Crippen LogP contribution in [0.25, 0.3) is 0 Å². The molecule has 0 saturated carbocycles. The number of sulfone groups is 1. The van der Waals surface area contributed by atoms with E-state index in [-0.39, 0.29) is 23.4 Å². The minimum atomic E-state index is -2.88.